The normalized spacial score (nSPS) is 10.8. The van der Waals surface area contributed by atoms with Crippen molar-refractivity contribution in [1.82, 2.24) is 19.7 Å². The lowest BCUT2D eigenvalue weighted by molar-refractivity contribution is 0.102. The molecule has 26 heavy (non-hydrogen) atoms. The molecule has 0 fully saturated rings. The number of nitrogens with one attached hydrogen (secondary N) is 1. The summed E-state index contributed by atoms with van der Waals surface area (Å²) in [4.78, 5) is 20.9. The van der Waals surface area contributed by atoms with E-state index in [0.717, 1.165) is 27.7 Å². The number of aromatic nitrogens is 4. The van der Waals surface area contributed by atoms with Gasteiger partial charge in [-0.1, -0.05) is 18.2 Å². The Morgan fingerprint density at radius 1 is 1.12 bits per heavy atom. The monoisotopic (exact) mass is 343 g/mol. The van der Waals surface area contributed by atoms with Gasteiger partial charge in [-0.25, -0.2) is 9.67 Å². The van der Waals surface area contributed by atoms with Crippen LogP contribution in [0.2, 0.25) is 0 Å². The summed E-state index contributed by atoms with van der Waals surface area (Å²) < 4.78 is 1.74. The van der Waals surface area contributed by atoms with Gasteiger partial charge in [0, 0.05) is 17.1 Å². The number of hydrogen-bond donors (Lipinski definition) is 1. The third-order valence-electron chi connectivity index (χ3n) is 4.25. The van der Waals surface area contributed by atoms with Crippen LogP contribution in [0.15, 0.2) is 67.4 Å². The van der Waals surface area contributed by atoms with Crippen LogP contribution in [-0.4, -0.2) is 25.7 Å². The molecule has 0 unspecified atom stereocenters. The van der Waals surface area contributed by atoms with Gasteiger partial charge in [-0.2, -0.15) is 5.10 Å². The molecule has 2 aromatic heterocycles. The number of hydrogen-bond acceptors (Lipinski definition) is 4. The molecule has 0 bridgehead atoms. The van der Waals surface area contributed by atoms with Gasteiger partial charge in [0.15, 0.2) is 0 Å². The number of carbonyl (C=O) groups is 1. The molecule has 6 heteroatoms. The zero-order chi connectivity index (χ0) is 17.9. The Hall–Kier alpha value is -3.54. The number of carbonyl (C=O) groups excluding carboxylic acids is 1. The summed E-state index contributed by atoms with van der Waals surface area (Å²) >= 11 is 0. The molecule has 0 aliphatic carbocycles. The second-order valence-electron chi connectivity index (χ2n) is 6.07. The molecule has 0 aliphatic heterocycles. The van der Waals surface area contributed by atoms with E-state index >= 15 is 0 Å². The minimum atomic E-state index is -0.147. The van der Waals surface area contributed by atoms with E-state index in [1.54, 1.807) is 17.2 Å². The topological polar surface area (TPSA) is 72.7 Å². The number of anilines is 1. The maximum Gasteiger partial charge on any atom is 0.255 e. The van der Waals surface area contributed by atoms with E-state index in [2.05, 4.69) is 20.4 Å². The van der Waals surface area contributed by atoms with E-state index in [1.807, 2.05) is 55.5 Å². The lowest BCUT2D eigenvalue weighted by Gasteiger charge is -2.10. The number of benzene rings is 2. The maximum atomic E-state index is 12.6. The van der Waals surface area contributed by atoms with E-state index in [0.29, 0.717) is 12.1 Å². The van der Waals surface area contributed by atoms with Gasteiger partial charge in [-0.3, -0.25) is 9.78 Å². The molecule has 1 amide bonds. The van der Waals surface area contributed by atoms with Crippen LogP contribution >= 0.6 is 0 Å². The van der Waals surface area contributed by atoms with E-state index < -0.39 is 0 Å². The summed E-state index contributed by atoms with van der Waals surface area (Å²) in [7, 11) is 0. The Morgan fingerprint density at radius 3 is 2.73 bits per heavy atom. The van der Waals surface area contributed by atoms with Gasteiger partial charge >= 0.3 is 0 Å². The molecule has 128 valence electrons. The summed E-state index contributed by atoms with van der Waals surface area (Å²) in [5.74, 6) is -0.147. The molecule has 0 spiro atoms. The Labute approximate surface area is 150 Å². The van der Waals surface area contributed by atoms with Crippen molar-refractivity contribution in [1.29, 1.82) is 0 Å². The lowest BCUT2D eigenvalue weighted by Crippen LogP contribution is -2.12. The first-order chi connectivity index (χ1) is 12.7. The Bertz CT molecular complexity index is 1060. The minimum absolute atomic E-state index is 0.147. The molecule has 0 saturated heterocycles. The summed E-state index contributed by atoms with van der Waals surface area (Å²) in [6.45, 7) is 2.63. The van der Waals surface area contributed by atoms with Crippen molar-refractivity contribution in [3.05, 3.63) is 84.1 Å². The standard InChI is InChI=1S/C20H17N5O/c1-14-4-9-18(17-3-2-10-22-19(14)17)24-20(26)16-7-5-15(6-8-16)11-25-13-21-12-23-25/h2-10,12-13H,11H2,1H3,(H,24,26). The van der Waals surface area contributed by atoms with Crippen LogP contribution in [0, 0.1) is 6.92 Å². The molecule has 0 radical (unpaired) electrons. The SMILES string of the molecule is Cc1ccc(NC(=O)c2ccc(Cn3cncn3)cc2)c2cccnc12. The first kappa shape index (κ1) is 16.0. The fourth-order valence-corrected chi connectivity index (χ4v) is 2.88. The summed E-state index contributed by atoms with van der Waals surface area (Å²) in [5.41, 5.74) is 4.39. The van der Waals surface area contributed by atoms with Crippen molar-refractivity contribution >= 4 is 22.5 Å². The highest BCUT2D eigenvalue weighted by Gasteiger charge is 2.10. The van der Waals surface area contributed by atoms with Gasteiger partial charge in [0.05, 0.1) is 17.7 Å². The van der Waals surface area contributed by atoms with Gasteiger partial charge in [-0.05, 0) is 48.4 Å². The van der Waals surface area contributed by atoms with Crippen LogP contribution in [0.4, 0.5) is 5.69 Å². The molecule has 2 heterocycles. The van der Waals surface area contributed by atoms with Crippen LogP contribution in [-0.2, 0) is 6.54 Å². The first-order valence-corrected chi connectivity index (χ1v) is 8.28. The fourth-order valence-electron chi connectivity index (χ4n) is 2.88. The number of rotatable bonds is 4. The van der Waals surface area contributed by atoms with Crippen molar-refractivity contribution in [3.63, 3.8) is 0 Å². The Kier molecular flexibility index (Phi) is 4.15. The van der Waals surface area contributed by atoms with Gasteiger partial charge < -0.3 is 5.32 Å². The number of fused-ring (bicyclic) bond motifs is 1. The summed E-state index contributed by atoms with van der Waals surface area (Å²) in [6.07, 6.45) is 4.93. The average molecular weight is 343 g/mol. The lowest BCUT2D eigenvalue weighted by atomic mass is 10.1. The van der Waals surface area contributed by atoms with Crippen molar-refractivity contribution < 1.29 is 4.79 Å². The Balaban J connectivity index is 1.54. The largest absolute Gasteiger partial charge is 0.321 e. The maximum absolute atomic E-state index is 12.6. The highest BCUT2D eigenvalue weighted by atomic mass is 16.1. The second-order valence-corrected chi connectivity index (χ2v) is 6.07. The van der Waals surface area contributed by atoms with Crippen LogP contribution in [0.1, 0.15) is 21.5 Å². The number of amides is 1. The van der Waals surface area contributed by atoms with E-state index in [4.69, 9.17) is 0 Å². The zero-order valence-corrected chi connectivity index (χ0v) is 14.3. The van der Waals surface area contributed by atoms with E-state index in [-0.39, 0.29) is 5.91 Å². The molecular weight excluding hydrogens is 326 g/mol. The summed E-state index contributed by atoms with van der Waals surface area (Å²) in [6, 6.07) is 15.2. The predicted octanol–water partition coefficient (Wildman–Crippen LogP) is 3.44. The van der Waals surface area contributed by atoms with E-state index in [1.165, 1.54) is 6.33 Å². The molecule has 0 aliphatic rings. The van der Waals surface area contributed by atoms with Crippen LogP contribution in [0.25, 0.3) is 10.9 Å². The van der Waals surface area contributed by atoms with Crippen molar-refractivity contribution in [2.75, 3.05) is 5.32 Å². The molecular formula is C20H17N5O. The molecule has 4 aromatic rings. The molecule has 6 nitrogen and oxygen atoms in total. The van der Waals surface area contributed by atoms with Gasteiger partial charge in [0.2, 0.25) is 0 Å². The quantitative estimate of drug-likeness (QED) is 0.616. The predicted molar refractivity (Wildman–Crippen MR) is 100.0 cm³/mol. The molecule has 4 rings (SSSR count). The molecule has 1 N–H and O–H groups in total. The average Bonchev–Trinajstić information content (AvgIpc) is 3.18. The summed E-state index contributed by atoms with van der Waals surface area (Å²) in [5, 5.41) is 8.00. The number of pyridine rings is 1. The molecule has 0 atom stereocenters. The van der Waals surface area contributed by atoms with Gasteiger partial charge in [0.1, 0.15) is 12.7 Å². The van der Waals surface area contributed by atoms with Gasteiger partial charge in [0.25, 0.3) is 5.91 Å². The van der Waals surface area contributed by atoms with Gasteiger partial charge in [-0.15, -0.1) is 0 Å². The first-order valence-electron chi connectivity index (χ1n) is 8.28. The van der Waals surface area contributed by atoms with Crippen LogP contribution in [0.3, 0.4) is 0 Å². The zero-order valence-electron chi connectivity index (χ0n) is 14.3. The fraction of sp³-hybridized carbons (Fsp3) is 0.100. The van der Waals surface area contributed by atoms with Crippen LogP contribution < -0.4 is 5.32 Å². The highest BCUT2D eigenvalue weighted by molar-refractivity contribution is 6.09. The van der Waals surface area contributed by atoms with Crippen LogP contribution in [0.5, 0.6) is 0 Å². The van der Waals surface area contributed by atoms with Crippen molar-refractivity contribution in [3.8, 4) is 0 Å². The van der Waals surface area contributed by atoms with Crippen molar-refractivity contribution in [2.24, 2.45) is 0 Å². The van der Waals surface area contributed by atoms with Crippen molar-refractivity contribution in [2.45, 2.75) is 13.5 Å². The van der Waals surface area contributed by atoms with E-state index in [9.17, 15) is 4.79 Å². The number of aryl methyl sites for hydroxylation is 1. The third kappa shape index (κ3) is 3.17. The smallest absolute Gasteiger partial charge is 0.255 e. The minimum Gasteiger partial charge on any atom is -0.321 e. The number of nitrogens with zero attached hydrogens (tertiary/aromatic N) is 4. The second kappa shape index (κ2) is 6.76. The molecule has 2 aromatic carbocycles. The third-order valence-corrected chi connectivity index (χ3v) is 4.25. The highest BCUT2D eigenvalue weighted by Crippen LogP contribution is 2.25. The molecule has 0 saturated carbocycles. The Morgan fingerprint density at radius 2 is 1.96 bits per heavy atom.